The van der Waals surface area contributed by atoms with Crippen molar-refractivity contribution < 1.29 is 14.7 Å². The molecule has 1 fully saturated rings. The molecule has 1 N–H and O–H groups in total. The Morgan fingerprint density at radius 2 is 2.00 bits per heavy atom. The summed E-state index contributed by atoms with van der Waals surface area (Å²) in [5.74, 6) is -1.18. The van der Waals surface area contributed by atoms with E-state index in [-0.39, 0.29) is 5.91 Å². The molecule has 1 atom stereocenters. The molecule has 0 aliphatic carbocycles. The summed E-state index contributed by atoms with van der Waals surface area (Å²) in [5.41, 5.74) is 1.56. The number of pyridine rings is 1. The standard InChI is InChI=1S/C16H22N2O3/c1-10-6-7-12(11(2)17-10)14(19)18-9-5-8-16(3,4)13(18)15(20)21/h6-7,13H,5,8-9H2,1-4H3,(H,20,21). The fourth-order valence-electron chi connectivity index (χ4n) is 3.15. The number of aromatic nitrogens is 1. The van der Waals surface area contributed by atoms with Crippen molar-refractivity contribution in [1.82, 2.24) is 9.88 Å². The predicted molar refractivity (Wildman–Crippen MR) is 79.2 cm³/mol. The molecule has 0 bridgehead atoms. The number of aliphatic carboxylic acids is 1. The van der Waals surface area contributed by atoms with Crippen LogP contribution in [0.4, 0.5) is 0 Å². The monoisotopic (exact) mass is 290 g/mol. The van der Waals surface area contributed by atoms with Gasteiger partial charge in [0.25, 0.3) is 5.91 Å². The third-order valence-electron chi connectivity index (χ3n) is 4.22. The fraction of sp³-hybridized carbons (Fsp3) is 0.562. The minimum atomic E-state index is -0.939. The Kier molecular flexibility index (Phi) is 4.03. The number of carboxylic acid groups (broad SMARTS) is 1. The van der Waals surface area contributed by atoms with E-state index >= 15 is 0 Å². The second-order valence-electron chi connectivity index (χ2n) is 6.42. The summed E-state index contributed by atoms with van der Waals surface area (Å²) in [6, 6.07) is 2.73. The van der Waals surface area contributed by atoms with E-state index in [4.69, 9.17) is 0 Å². The number of carbonyl (C=O) groups is 2. The molecule has 2 rings (SSSR count). The summed E-state index contributed by atoms with van der Waals surface area (Å²) in [6.45, 7) is 7.94. The van der Waals surface area contributed by atoms with Gasteiger partial charge in [-0.15, -0.1) is 0 Å². The molecular weight excluding hydrogens is 268 g/mol. The van der Waals surface area contributed by atoms with E-state index in [9.17, 15) is 14.7 Å². The Morgan fingerprint density at radius 1 is 1.33 bits per heavy atom. The Balaban J connectivity index is 2.38. The Bertz CT molecular complexity index is 581. The van der Waals surface area contributed by atoms with Crippen molar-refractivity contribution in [3.8, 4) is 0 Å². The molecule has 1 aliphatic heterocycles. The Labute approximate surface area is 125 Å². The zero-order valence-corrected chi connectivity index (χ0v) is 13.0. The van der Waals surface area contributed by atoms with Gasteiger partial charge in [0, 0.05) is 12.2 Å². The van der Waals surface area contributed by atoms with E-state index in [1.807, 2.05) is 20.8 Å². The summed E-state index contributed by atoms with van der Waals surface area (Å²) in [5, 5.41) is 9.54. The van der Waals surface area contributed by atoms with Crippen LogP contribution in [0.15, 0.2) is 12.1 Å². The van der Waals surface area contributed by atoms with Crippen molar-refractivity contribution >= 4 is 11.9 Å². The number of carboxylic acids is 1. The fourth-order valence-corrected chi connectivity index (χ4v) is 3.15. The Hall–Kier alpha value is -1.91. The molecule has 0 aromatic carbocycles. The molecule has 0 saturated carbocycles. The second-order valence-corrected chi connectivity index (χ2v) is 6.42. The smallest absolute Gasteiger partial charge is 0.326 e. The molecule has 2 heterocycles. The number of aryl methyl sites for hydroxylation is 2. The van der Waals surface area contributed by atoms with Crippen LogP contribution in [0, 0.1) is 19.3 Å². The van der Waals surface area contributed by atoms with Gasteiger partial charge in [0.1, 0.15) is 6.04 Å². The number of carbonyl (C=O) groups excluding carboxylic acids is 1. The zero-order chi connectivity index (χ0) is 15.8. The first-order valence-corrected chi connectivity index (χ1v) is 7.22. The van der Waals surface area contributed by atoms with Crippen LogP contribution in [0.25, 0.3) is 0 Å². The number of hydrogen-bond donors (Lipinski definition) is 1. The molecule has 1 unspecified atom stereocenters. The van der Waals surface area contributed by atoms with E-state index in [1.165, 1.54) is 4.90 Å². The largest absolute Gasteiger partial charge is 0.480 e. The van der Waals surface area contributed by atoms with Crippen molar-refractivity contribution in [2.45, 2.75) is 46.6 Å². The molecular formula is C16H22N2O3. The summed E-state index contributed by atoms with van der Waals surface area (Å²) in [7, 11) is 0. The van der Waals surface area contributed by atoms with Crippen LogP contribution in [-0.2, 0) is 4.79 Å². The van der Waals surface area contributed by atoms with Crippen molar-refractivity contribution in [1.29, 1.82) is 0 Å². The van der Waals surface area contributed by atoms with E-state index in [0.29, 0.717) is 17.8 Å². The second kappa shape index (κ2) is 5.47. The highest BCUT2D eigenvalue weighted by Gasteiger charge is 2.44. The molecule has 21 heavy (non-hydrogen) atoms. The lowest BCUT2D eigenvalue weighted by atomic mass is 9.76. The molecule has 1 aliphatic rings. The molecule has 0 spiro atoms. The number of piperidine rings is 1. The van der Waals surface area contributed by atoms with Crippen LogP contribution in [0.2, 0.25) is 0 Å². The van der Waals surface area contributed by atoms with Gasteiger partial charge in [-0.3, -0.25) is 9.78 Å². The van der Waals surface area contributed by atoms with Crippen LogP contribution in [0.1, 0.15) is 48.4 Å². The van der Waals surface area contributed by atoms with E-state index in [0.717, 1.165) is 18.5 Å². The van der Waals surface area contributed by atoms with E-state index in [2.05, 4.69) is 4.98 Å². The van der Waals surface area contributed by atoms with Crippen molar-refractivity contribution in [3.05, 3.63) is 29.1 Å². The van der Waals surface area contributed by atoms with Crippen LogP contribution >= 0.6 is 0 Å². The maximum atomic E-state index is 12.8. The number of amides is 1. The highest BCUT2D eigenvalue weighted by molar-refractivity contribution is 5.97. The summed E-state index contributed by atoms with van der Waals surface area (Å²) in [4.78, 5) is 30.2. The first-order chi connectivity index (χ1) is 9.74. The van der Waals surface area contributed by atoms with Crippen LogP contribution in [-0.4, -0.2) is 39.5 Å². The molecule has 1 aromatic heterocycles. The van der Waals surface area contributed by atoms with Crippen LogP contribution in [0.5, 0.6) is 0 Å². The third kappa shape index (κ3) is 2.91. The first kappa shape index (κ1) is 15.5. The SMILES string of the molecule is Cc1ccc(C(=O)N2CCCC(C)(C)C2C(=O)O)c(C)n1. The van der Waals surface area contributed by atoms with Gasteiger partial charge in [-0.25, -0.2) is 4.79 Å². The van der Waals surface area contributed by atoms with Gasteiger partial charge in [0.15, 0.2) is 0 Å². The van der Waals surface area contributed by atoms with Crippen LogP contribution in [0.3, 0.4) is 0 Å². The molecule has 1 saturated heterocycles. The molecule has 0 radical (unpaired) electrons. The van der Waals surface area contributed by atoms with Gasteiger partial charge in [0.2, 0.25) is 0 Å². The van der Waals surface area contributed by atoms with Gasteiger partial charge in [-0.1, -0.05) is 13.8 Å². The number of likely N-dealkylation sites (tertiary alicyclic amines) is 1. The van der Waals surface area contributed by atoms with E-state index in [1.54, 1.807) is 19.1 Å². The summed E-state index contributed by atoms with van der Waals surface area (Å²) in [6.07, 6.45) is 1.62. The predicted octanol–water partition coefficient (Wildman–Crippen LogP) is 2.41. The highest BCUT2D eigenvalue weighted by Crippen LogP contribution is 2.36. The van der Waals surface area contributed by atoms with Gasteiger partial charge in [0.05, 0.1) is 11.3 Å². The van der Waals surface area contributed by atoms with Crippen molar-refractivity contribution in [2.75, 3.05) is 6.54 Å². The number of rotatable bonds is 2. The zero-order valence-electron chi connectivity index (χ0n) is 13.0. The minimum absolute atomic E-state index is 0.236. The normalized spacial score (nSPS) is 21.1. The highest BCUT2D eigenvalue weighted by atomic mass is 16.4. The van der Waals surface area contributed by atoms with E-state index < -0.39 is 17.4 Å². The van der Waals surface area contributed by atoms with Crippen molar-refractivity contribution in [2.24, 2.45) is 5.41 Å². The first-order valence-electron chi connectivity index (χ1n) is 7.22. The summed E-state index contributed by atoms with van der Waals surface area (Å²) < 4.78 is 0. The van der Waals surface area contributed by atoms with Gasteiger partial charge < -0.3 is 10.0 Å². The average molecular weight is 290 g/mol. The van der Waals surface area contributed by atoms with Crippen LogP contribution < -0.4 is 0 Å². The lowest BCUT2D eigenvalue weighted by molar-refractivity contribution is -0.148. The lowest BCUT2D eigenvalue weighted by Gasteiger charge is -2.44. The molecule has 1 amide bonds. The number of hydrogen-bond acceptors (Lipinski definition) is 3. The Morgan fingerprint density at radius 3 is 2.57 bits per heavy atom. The minimum Gasteiger partial charge on any atom is -0.480 e. The summed E-state index contributed by atoms with van der Waals surface area (Å²) >= 11 is 0. The van der Waals surface area contributed by atoms with Gasteiger partial charge in [-0.2, -0.15) is 0 Å². The molecule has 5 nitrogen and oxygen atoms in total. The van der Waals surface area contributed by atoms with Gasteiger partial charge >= 0.3 is 5.97 Å². The maximum absolute atomic E-state index is 12.8. The molecule has 5 heteroatoms. The molecule has 1 aromatic rings. The number of nitrogens with zero attached hydrogens (tertiary/aromatic N) is 2. The topological polar surface area (TPSA) is 70.5 Å². The third-order valence-corrected chi connectivity index (χ3v) is 4.22. The molecule has 114 valence electrons. The maximum Gasteiger partial charge on any atom is 0.326 e. The van der Waals surface area contributed by atoms with Gasteiger partial charge in [-0.05, 0) is 44.2 Å². The quantitative estimate of drug-likeness (QED) is 0.908. The lowest BCUT2D eigenvalue weighted by Crippen LogP contribution is -2.56. The van der Waals surface area contributed by atoms with Crippen molar-refractivity contribution in [3.63, 3.8) is 0 Å². The average Bonchev–Trinajstić information content (AvgIpc) is 2.36.